The van der Waals surface area contributed by atoms with Crippen molar-refractivity contribution in [3.05, 3.63) is 64.6 Å². The van der Waals surface area contributed by atoms with Crippen LogP contribution >= 0.6 is 15.9 Å². The number of halogens is 1. The highest BCUT2D eigenvalue weighted by molar-refractivity contribution is 9.10. The summed E-state index contributed by atoms with van der Waals surface area (Å²) in [6.07, 6.45) is 2.80. The minimum absolute atomic E-state index is 0.0130. The van der Waals surface area contributed by atoms with E-state index < -0.39 is 17.8 Å². The van der Waals surface area contributed by atoms with Crippen molar-refractivity contribution in [2.45, 2.75) is 19.3 Å². The Morgan fingerprint density at radius 3 is 2.28 bits per heavy atom. The number of ketones is 1. The number of benzene rings is 2. The van der Waals surface area contributed by atoms with Gasteiger partial charge in [0.25, 0.3) is 5.91 Å². The van der Waals surface area contributed by atoms with Crippen molar-refractivity contribution in [1.29, 1.82) is 0 Å². The third kappa shape index (κ3) is 4.27. The van der Waals surface area contributed by atoms with Gasteiger partial charge in [-0.25, -0.2) is 0 Å². The Balaban J connectivity index is 1.39. The maximum Gasteiger partial charge on any atom is 0.310 e. The molecule has 0 radical (unpaired) electrons. The normalized spacial score (nSPS) is 24.9. The van der Waals surface area contributed by atoms with Crippen molar-refractivity contribution in [3.8, 4) is 0 Å². The van der Waals surface area contributed by atoms with Gasteiger partial charge in [-0.3, -0.25) is 14.4 Å². The fourth-order valence-corrected chi connectivity index (χ4v) is 5.03. The molecule has 2 aliphatic rings. The molecule has 0 aliphatic heterocycles. The second-order valence-electron chi connectivity index (χ2n) is 7.78. The first-order valence-electron chi connectivity index (χ1n) is 9.84. The van der Waals surface area contributed by atoms with Crippen molar-refractivity contribution >= 4 is 39.3 Å². The number of carbonyl (C=O) groups is 3. The molecule has 2 bridgehead atoms. The number of hydrogen-bond donors (Lipinski definition) is 1. The third-order valence-corrected chi connectivity index (χ3v) is 6.55. The summed E-state index contributed by atoms with van der Waals surface area (Å²) in [5.41, 5.74) is 1.27. The van der Waals surface area contributed by atoms with Gasteiger partial charge < -0.3 is 10.1 Å². The van der Waals surface area contributed by atoms with E-state index in [0.717, 1.165) is 23.7 Å². The zero-order chi connectivity index (χ0) is 20.4. The van der Waals surface area contributed by atoms with Crippen LogP contribution < -0.4 is 5.32 Å². The average Bonchev–Trinajstić information content (AvgIpc) is 3.35. The van der Waals surface area contributed by atoms with E-state index in [4.69, 9.17) is 4.74 Å². The van der Waals surface area contributed by atoms with Gasteiger partial charge in [0.1, 0.15) is 0 Å². The van der Waals surface area contributed by atoms with Gasteiger partial charge in [0.05, 0.1) is 5.92 Å². The van der Waals surface area contributed by atoms with Gasteiger partial charge in [-0.1, -0.05) is 46.3 Å². The number of ether oxygens (including phenoxy) is 1. The van der Waals surface area contributed by atoms with Crippen LogP contribution in [0.25, 0.3) is 0 Å². The van der Waals surface area contributed by atoms with E-state index >= 15 is 0 Å². The van der Waals surface area contributed by atoms with Crippen molar-refractivity contribution in [3.63, 3.8) is 0 Å². The van der Waals surface area contributed by atoms with Crippen LogP contribution in [0.15, 0.2) is 59.1 Å². The molecule has 5 nitrogen and oxygen atoms in total. The fourth-order valence-electron chi connectivity index (χ4n) is 4.77. The highest BCUT2D eigenvalue weighted by atomic mass is 79.9. The van der Waals surface area contributed by atoms with Gasteiger partial charge >= 0.3 is 5.97 Å². The molecule has 2 fully saturated rings. The SMILES string of the molecule is O=C(COC(=O)[C@@H]1[C@H]2CC[C@@H](C2)[C@@H]1C(=O)c1ccccc1)Nc1ccc(Br)cc1. The molecule has 1 amide bonds. The zero-order valence-corrected chi connectivity index (χ0v) is 17.4. The molecule has 1 N–H and O–H groups in total. The number of Topliss-reactive ketones (excluding diaryl/α,β-unsaturated/α-hetero) is 1. The summed E-state index contributed by atoms with van der Waals surface area (Å²) in [7, 11) is 0. The molecule has 150 valence electrons. The lowest BCUT2D eigenvalue weighted by Gasteiger charge is -2.28. The molecule has 4 atom stereocenters. The van der Waals surface area contributed by atoms with E-state index in [0.29, 0.717) is 11.3 Å². The van der Waals surface area contributed by atoms with E-state index in [-0.39, 0.29) is 30.1 Å². The van der Waals surface area contributed by atoms with Gasteiger partial charge in [-0.2, -0.15) is 0 Å². The van der Waals surface area contributed by atoms with Crippen molar-refractivity contribution in [2.75, 3.05) is 11.9 Å². The molecule has 0 aromatic heterocycles. The number of nitrogens with one attached hydrogen (secondary N) is 1. The van der Waals surface area contributed by atoms with E-state index in [1.165, 1.54) is 0 Å². The highest BCUT2D eigenvalue weighted by Crippen LogP contribution is 2.53. The van der Waals surface area contributed by atoms with Crippen LogP contribution in [0.5, 0.6) is 0 Å². The zero-order valence-electron chi connectivity index (χ0n) is 15.8. The molecule has 29 heavy (non-hydrogen) atoms. The lowest BCUT2D eigenvalue weighted by molar-refractivity contribution is -0.154. The molecule has 0 unspecified atom stereocenters. The quantitative estimate of drug-likeness (QED) is 0.514. The Kier molecular flexibility index (Phi) is 5.81. The van der Waals surface area contributed by atoms with Gasteiger partial charge in [-0.05, 0) is 55.4 Å². The molecule has 2 aromatic carbocycles. The van der Waals surface area contributed by atoms with Gasteiger partial charge in [-0.15, -0.1) is 0 Å². The average molecular weight is 456 g/mol. The minimum Gasteiger partial charge on any atom is -0.455 e. The number of amides is 1. The van der Waals surface area contributed by atoms with Gasteiger partial charge in [0.15, 0.2) is 12.4 Å². The minimum atomic E-state index is -0.457. The van der Waals surface area contributed by atoms with Crippen molar-refractivity contribution < 1.29 is 19.1 Å². The fraction of sp³-hybridized carbons (Fsp3) is 0.348. The molecular weight excluding hydrogens is 434 g/mol. The molecule has 2 aliphatic carbocycles. The van der Waals surface area contributed by atoms with Crippen LogP contribution in [0, 0.1) is 23.7 Å². The molecule has 6 heteroatoms. The highest BCUT2D eigenvalue weighted by Gasteiger charge is 2.54. The van der Waals surface area contributed by atoms with Crippen LogP contribution in [-0.2, 0) is 14.3 Å². The summed E-state index contributed by atoms with van der Waals surface area (Å²) in [6, 6.07) is 16.3. The molecule has 2 saturated carbocycles. The first-order chi connectivity index (χ1) is 14.0. The standard InChI is InChI=1S/C23H22BrNO4/c24-17-8-10-18(11-9-17)25-19(26)13-29-23(28)21-16-7-6-15(12-16)20(21)22(27)14-4-2-1-3-5-14/h1-5,8-11,15-16,20-21H,6-7,12-13H2,(H,25,26)/t15-,16-,20-,21+/m0/s1. The van der Waals surface area contributed by atoms with E-state index in [1.54, 1.807) is 24.3 Å². The second-order valence-corrected chi connectivity index (χ2v) is 8.69. The predicted molar refractivity (Wildman–Crippen MR) is 112 cm³/mol. The summed E-state index contributed by atoms with van der Waals surface area (Å²) >= 11 is 3.34. The topological polar surface area (TPSA) is 72.5 Å². The van der Waals surface area contributed by atoms with Crippen molar-refractivity contribution in [1.82, 2.24) is 0 Å². The van der Waals surface area contributed by atoms with Crippen molar-refractivity contribution in [2.24, 2.45) is 23.7 Å². The van der Waals surface area contributed by atoms with Crippen LogP contribution in [0.2, 0.25) is 0 Å². The first kappa shape index (κ1) is 19.8. The summed E-state index contributed by atoms with van der Waals surface area (Å²) in [4.78, 5) is 38.0. The van der Waals surface area contributed by atoms with E-state index in [2.05, 4.69) is 21.2 Å². The second kappa shape index (κ2) is 8.49. The number of hydrogen-bond acceptors (Lipinski definition) is 4. The summed E-state index contributed by atoms with van der Waals surface area (Å²) < 4.78 is 6.25. The molecule has 0 saturated heterocycles. The lowest BCUT2D eigenvalue weighted by atomic mass is 9.75. The number of rotatable bonds is 6. The third-order valence-electron chi connectivity index (χ3n) is 6.02. The Morgan fingerprint density at radius 2 is 1.59 bits per heavy atom. The number of carbonyl (C=O) groups excluding carboxylic acids is 3. The molecule has 0 heterocycles. The van der Waals surface area contributed by atoms with Crippen LogP contribution in [0.3, 0.4) is 0 Å². The predicted octanol–water partition coefficient (Wildman–Crippen LogP) is 4.48. The number of fused-ring (bicyclic) bond motifs is 2. The maximum atomic E-state index is 13.1. The summed E-state index contributed by atoms with van der Waals surface area (Å²) in [5, 5.41) is 2.70. The molecule has 0 spiro atoms. The van der Waals surface area contributed by atoms with Gasteiger partial charge in [0, 0.05) is 21.6 Å². The van der Waals surface area contributed by atoms with Gasteiger partial charge in [0.2, 0.25) is 0 Å². The first-order valence-corrected chi connectivity index (χ1v) is 10.6. The summed E-state index contributed by atoms with van der Waals surface area (Å²) in [5.74, 6) is -1.23. The molecule has 2 aromatic rings. The van der Waals surface area contributed by atoms with Crippen LogP contribution in [-0.4, -0.2) is 24.3 Å². The molecular formula is C23H22BrNO4. The van der Waals surface area contributed by atoms with E-state index in [1.807, 2.05) is 30.3 Å². The Bertz CT molecular complexity index is 912. The van der Waals surface area contributed by atoms with Crippen LogP contribution in [0.4, 0.5) is 5.69 Å². The Hall–Kier alpha value is -2.47. The van der Waals surface area contributed by atoms with Crippen LogP contribution in [0.1, 0.15) is 29.6 Å². The monoisotopic (exact) mass is 455 g/mol. The maximum absolute atomic E-state index is 13.1. The van der Waals surface area contributed by atoms with E-state index in [9.17, 15) is 14.4 Å². The summed E-state index contributed by atoms with van der Waals surface area (Å²) in [6.45, 7) is -0.352. The molecule has 4 rings (SSSR count). The largest absolute Gasteiger partial charge is 0.455 e. The lowest BCUT2D eigenvalue weighted by Crippen LogP contribution is -2.37. The smallest absolute Gasteiger partial charge is 0.310 e. The number of anilines is 1. The Labute approximate surface area is 178 Å². The number of esters is 1. The Morgan fingerprint density at radius 1 is 0.931 bits per heavy atom.